The first-order valence-corrected chi connectivity index (χ1v) is 13.2. The third-order valence-electron chi connectivity index (χ3n) is 7.10. The molecule has 11 nitrogen and oxygen atoms in total. The molecule has 2 heterocycles. The Labute approximate surface area is 226 Å². The Morgan fingerprint density at radius 3 is 2.38 bits per heavy atom. The van der Waals surface area contributed by atoms with E-state index in [2.05, 4.69) is 10.3 Å². The van der Waals surface area contributed by atoms with Gasteiger partial charge in [0.2, 0.25) is 5.91 Å². The van der Waals surface area contributed by atoms with Gasteiger partial charge >= 0.3 is 12.1 Å². The number of hydrogen-bond donors (Lipinski definition) is 3. The van der Waals surface area contributed by atoms with Crippen LogP contribution in [0.5, 0.6) is 0 Å². The molecule has 2 aromatic rings. The van der Waals surface area contributed by atoms with Crippen LogP contribution in [-0.2, 0) is 14.3 Å². The largest absolute Gasteiger partial charge is 0.481 e. The summed E-state index contributed by atoms with van der Waals surface area (Å²) in [6, 6.07) is 11.9. The van der Waals surface area contributed by atoms with Crippen LogP contribution < -0.4 is 5.32 Å². The molecule has 0 radical (unpaired) electrons. The van der Waals surface area contributed by atoms with Gasteiger partial charge in [0.15, 0.2) is 0 Å². The van der Waals surface area contributed by atoms with Gasteiger partial charge in [0.05, 0.1) is 12.3 Å². The Morgan fingerprint density at radius 1 is 1.08 bits per heavy atom. The highest BCUT2D eigenvalue weighted by Gasteiger charge is 2.38. The molecule has 39 heavy (non-hydrogen) atoms. The van der Waals surface area contributed by atoms with E-state index < -0.39 is 29.9 Å². The van der Waals surface area contributed by atoms with E-state index in [4.69, 9.17) is 4.74 Å². The number of carboxylic acids is 1. The first-order chi connectivity index (χ1) is 18.8. The van der Waals surface area contributed by atoms with E-state index in [0.717, 1.165) is 17.5 Å². The lowest BCUT2D eigenvalue weighted by molar-refractivity contribution is -0.138. The van der Waals surface area contributed by atoms with E-state index in [9.17, 15) is 29.4 Å². The minimum atomic E-state index is -1.08. The number of rotatable bonds is 10. The molecule has 0 spiro atoms. The van der Waals surface area contributed by atoms with Crippen LogP contribution in [0.15, 0.2) is 42.5 Å². The zero-order valence-corrected chi connectivity index (χ0v) is 21.9. The molecule has 1 aliphatic carbocycles. The predicted molar refractivity (Wildman–Crippen MR) is 141 cm³/mol. The first kappa shape index (κ1) is 28.0. The fourth-order valence-corrected chi connectivity index (χ4v) is 4.80. The molecule has 1 saturated heterocycles. The predicted octanol–water partition coefficient (Wildman–Crippen LogP) is 2.11. The molecule has 2 fully saturated rings. The second-order valence-corrected chi connectivity index (χ2v) is 9.79. The Bertz CT molecular complexity index is 1200. The summed E-state index contributed by atoms with van der Waals surface area (Å²) >= 11 is 0. The number of nitrogens with one attached hydrogen (secondary N) is 1. The smallest absolute Gasteiger partial charge is 0.409 e. The number of carbonyl (C=O) groups is 4. The molecule has 1 aromatic heterocycles. The number of pyridine rings is 1. The molecular formula is C28H34N4O7. The lowest BCUT2D eigenvalue weighted by atomic mass is 10.0. The van der Waals surface area contributed by atoms with Crippen LogP contribution in [-0.4, -0.2) is 94.3 Å². The van der Waals surface area contributed by atoms with Gasteiger partial charge in [-0.1, -0.05) is 30.3 Å². The quantitative estimate of drug-likeness (QED) is 0.416. The third-order valence-corrected chi connectivity index (χ3v) is 7.10. The maximum absolute atomic E-state index is 13.4. The SMILES string of the molecule is CCOC(=O)N1CCN(C(=O)C(CCC(=O)O)NC(=O)c2cc(C3CC3CO)cc(-c3ccccc3)n2)CC1. The van der Waals surface area contributed by atoms with E-state index in [0.29, 0.717) is 5.69 Å². The molecule has 11 heteroatoms. The van der Waals surface area contributed by atoms with Crippen molar-refractivity contribution in [1.29, 1.82) is 0 Å². The summed E-state index contributed by atoms with van der Waals surface area (Å²) in [4.78, 5) is 57.7. The van der Waals surface area contributed by atoms with Crippen molar-refractivity contribution in [3.05, 3.63) is 53.7 Å². The molecule has 2 aliphatic rings. The van der Waals surface area contributed by atoms with Gasteiger partial charge in [0.1, 0.15) is 11.7 Å². The molecule has 1 aromatic carbocycles. The number of benzene rings is 1. The van der Waals surface area contributed by atoms with Crippen LogP contribution in [0.1, 0.15) is 48.2 Å². The third kappa shape index (κ3) is 7.11. The van der Waals surface area contributed by atoms with Crippen molar-refractivity contribution >= 4 is 23.9 Å². The second-order valence-electron chi connectivity index (χ2n) is 9.79. The standard InChI is InChI=1S/C28H34N4O7/c1-2-39-28(38)32-12-10-31(11-13-32)27(37)22(8-9-25(34)35)30-26(36)24-16-19(21-14-20(21)17-33)15-23(29-24)18-6-4-3-5-7-18/h3-7,15-16,20-22,33H,2,8-14,17H2,1H3,(H,30,36)(H,34,35). The number of amides is 3. The Balaban J connectivity index is 1.52. The van der Waals surface area contributed by atoms with E-state index >= 15 is 0 Å². The number of aromatic nitrogens is 1. The van der Waals surface area contributed by atoms with Crippen LogP contribution in [0.25, 0.3) is 11.3 Å². The summed E-state index contributed by atoms with van der Waals surface area (Å²) in [5, 5.41) is 21.5. The summed E-state index contributed by atoms with van der Waals surface area (Å²) in [7, 11) is 0. The summed E-state index contributed by atoms with van der Waals surface area (Å²) in [6.45, 7) is 3.08. The Hall–Kier alpha value is -3.99. The number of aliphatic carboxylic acids is 1. The number of ether oxygens (including phenoxy) is 1. The van der Waals surface area contributed by atoms with E-state index in [1.165, 1.54) is 9.80 Å². The molecule has 0 bridgehead atoms. The van der Waals surface area contributed by atoms with Crippen molar-refractivity contribution < 1.29 is 34.1 Å². The molecule has 3 amide bonds. The summed E-state index contributed by atoms with van der Waals surface area (Å²) < 4.78 is 5.02. The Kier molecular flexibility index (Phi) is 9.13. The van der Waals surface area contributed by atoms with Crippen molar-refractivity contribution in [3.63, 3.8) is 0 Å². The average Bonchev–Trinajstić information content (AvgIpc) is 3.75. The van der Waals surface area contributed by atoms with Crippen LogP contribution in [0.3, 0.4) is 0 Å². The topological polar surface area (TPSA) is 149 Å². The van der Waals surface area contributed by atoms with Crippen molar-refractivity contribution in [2.75, 3.05) is 39.4 Å². The van der Waals surface area contributed by atoms with E-state index in [1.54, 1.807) is 13.0 Å². The van der Waals surface area contributed by atoms with Gasteiger partial charge in [-0.15, -0.1) is 0 Å². The van der Waals surface area contributed by atoms with E-state index in [-0.39, 0.29) is 69.8 Å². The molecular weight excluding hydrogens is 504 g/mol. The zero-order valence-electron chi connectivity index (χ0n) is 21.9. The summed E-state index contributed by atoms with van der Waals surface area (Å²) in [6.07, 6.45) is -0.0200. The van der Waals surface area contributed by atoms with Crippen LogP contribution in [0.4, 0.5) is 4.79 Å². The maximum atomic E-state index is 13.4. The number of aliphatic hydroxyl groups is 1. The van der Waals surface area contributed by atoms with Crippen molar-refractivity contribution in [1.82, 2.24) is 20.1 Å². The summed E-state index contributed by atoms with van der Waals surface area (Å²) in [5.74, 6) is -1.82. The zero-order chi connectivity index (χ0) is 27.9. The van der Waals surface area contributed by atoms with Gasteiger partial charge < -0.3 is 30.1 Å². The Morgan fingerprint density at radius 2 is 1.77 bits per heavy atom. The highest BCUT2D eigenvalue weighted by atomic mass is 16.6. The van der Waals surface area contributed by atoms with Gasteiger partial charge in [-0.3, -0.25) is 14.4 Å². The highest BCUT2D eigenvalue weighted by molar-refractivity contribution is 5.97. The van der Waals surface area contributed by atoms with Crippen molar-refractivity contribution in [2.45, 2.75) is 38.1 Å². The van der Waals surface area contributed by atoms with Crippen LogP contribution >= 0.6 is 0 Å². The fraction of sp³-hybridized carbons (Fsp3) is 0.464. The first-order valence-electron chi connectivity index (χ1n) is 13.2. The lowest BCUT2D eigenvalue weighted by Crippen LogP contribution is -2.56. The second kappa shape index (κ2) is 12.7. The molecule has 3 N–H and O–H groups in total. The van der Waals surface area contributed by atoms with Crippen LogP contribution in [0, 0.1) is 5.92 Å². The number of carboxylic acid groups (broad SMARTS) is 1. The molecule has 3 unspecified atom stereocenters. The van der Waals surface area contributed by atoms with Gasteiger partial charge in [-0.25, -0.2) is 9.78 Å². The van der Waals surface area contributed by atoms with Gasteiger partial charge in [-0.05, 0) is 49.3 Å². The number of nitrogens with zero attached hydrogens (tertiary/aromatic N) is 3. The minimum Gasteiger partial charge on any atom is -0.481 e. The number of hydrogen-bond acceptors (Lipinski definition) is 7. The lowest BCUT2D eigenvalue weighted by Gasteiger charge is -2.35. The summed E-state index contributed by atoms with van der Waals surface area (Å²) in [5.41, 5.74) is 2.43. The number of carbonyl (C=O) groups excluding carboxylic acids is 3. The van der Waals surface area contributed by atoms with E-state index in [1.807, 2.05) is 36.4 Å². The van der Waals surface area contributed by atoms with Crippen molar-refractivity contribution in [2.24, 2.45) is 5.92 Å². The molecule has 1 aliphatic heterocycles. The molecule has 208 valence electrons. The monoisotopic (exact) mass is 538 g/mol. The average molecular weight is 539 g/mol. The van der Waals surface area contributed by atoms with Gasteiger partial charge in [-0.2, -0.15) is 0 Å². The molecule has 3 atom stereocenters. The highest BCUT2D eigenvalue weighted by Crippen LogP contribution is 2.47. The number of piperazine rings is 1. The minimum absolute atomic E-state index is 0.0599. The fourth-order valence-electron chi connectivity index (χ4n) is 4.80. The van der Waals surface area contributed by atoms with Crippen molar-refractivity contribution in [3.8, 4) is 11.3 Å². The van der Waals surface area contributed by atoms with Crippen LogP contribution in [0.2, 0.25) is 0 Å². The molecule has 1 saturated carbocycles. The number of aliphatic hydroxyl groups excluding tert-OH is 1. The molecule has 4 rings (SSSR count). The van der Waals surface area contributed by atoms with Gasteiger partial charge in [0.25, 0.3) is 5.91 Å². The van der Waals surface area contributed by atoms with Gasteiger partial charge in [0, 0.05) is 44.8 Å². The normalized spacial score (nSPS) is 19.2. The maximum Gasteiger partial charge on any atom is 0.409 e.